The third kappa shape index (κ3) is 4.59. The number of halogens is 2. The fourth-order valence-electron chi connectivity index (χ4n) is 2.31. The molecule has 1 N–H and O–H groups in total. The zero-order valence-corrected chi connectivity index (χ0v) is 15.1. The van der Waals surface area contributed by atoms with E-state index in [0.717, 1.165) is 29.5 Å². The maximum atomic E-state index is 13.6. The van der Waals surface area contributed by atoms with E-state index < -0.39 is 17.5 Å². The number of hydrogen-bond donors (Lipinski definition) is 1. The molecule has 0 fully saturated rings. The van der Waals surface area contributed by atoms with Gasteiger partial charge in [-0.3, -0.25) is 14.2 Å². The topological polar surface area (TPSA) is 64.0 Å². The van der Waals surface area contributed by atoms with E-state index in [0.29, 0.717) is 11.8 Å². The highest BCUT2D eigenvalue weighted by Gasteiger charge is 2.12. The summed E-state index contributed by atoms with van der Waals surface area (Å²) < 4.78 is 27.9. The van der Waals surface area contributed by atoms with Crippen molar-refractivity contribution in [2.24, 2.45) is 0 Å². The van der Waals surface area contributed by atoms with Crippen molar-refractivity contribution in [2.45, 2.75) is 11.9 Å². The Morgan fingerprint density at radius 1 is 1.19 bits per heavy atom. The number of aryl methyl sites for hydroxylation is 1. The lowest BCUT2D eigenvalue weighted by atomic mass is 10.2. The van der Waals surface area contributed by atoms with Crippen molar-refractivity contribution in [3.05, 3.63) is 82.4 Å². The first-order valence-corrected chi connectivity index (χ1v) is 8.95. The minimum absolute atomic E-state index is 0.125. The third-order valence-electron chi connectivity index (χ3n) is 3.67. The smallest absolute Gasteiger partial charge is 0.287 e. The number of carbonyl (C=O) groups is 1. The Morgan fingerprint density at radius 3 is 2.63 bits per heavy atom. The Balaban J connectivity index is 1.71. The van der Waals surface area contributed by atoms with E-state index in [2.05, 4.69) is 10.3 Å². The van der Waals surface area contributed by atoms with Gasteiger partial charge in [-0.15, -0.1) is 0 Å². The molecule has 0 radical (unpaired) electrons. The quantitative estimate of drug-likeness (QED) is 0.680. The standard InChI is InChI=1S/C19H15F2N3O2S/c1-12-2-5-14(6-3-12)24-9-8-22-18(19(24)26)27-11-17(25)23-16-7-4-13(20)10-15(16)21/h2-10H,11H2,1H3,(H,23,25). The summed E-state index contributed by atoms with van der Waals surface area (Å²) in [6, 6.07) is 10.3. The molecule has 0 spiro atoms. The molecule has 3 rings (SSSR count). The SMILES string of the molecule is Cc1ccc(-n2ccnc(SCC(=O)Nc3ccc(F)cc3F)c2=O)cc1. The molecule has 0 aliphatic rings. The molecule has 0 aliphatic heterocycles. The highest BCUT2D eigenvalue weighted by atomic mass is 32.2. The van der Waals surface area contributed by atoms with Crippen LogP contribution in [0.3, 0.4) is 0 Å². The van der Waals surface area contributed by atoms with Crippen LogP contribution in [-0.4, -0.2) is 21.2 Å². The lowest BCUT2D eigenvalue weighted by Crippen LogP contribution is -2.22. The Morgan fingerprint density at radius 2 is 1.93 bits per heavy atom. The first-order chi connectivity index (χ1) is 12.9. The molecule has 0 atom stereocenters. The first kappa shape index (κ1) is 18.8. The van der Waals surface area contributed by atoms with Crippen molar-refractivity contribution in [1.29, 1.82) is 0 Å². The number of nitrogens with zero attached hydrogens (tertiary/aromatic N) is 2. The number of thioether (sulfide) groups is 1. The largest absolute Gasteiger partial charge is 0.323 e. The lowest BCUT2D eigenvalue weighted by molar-refractivity contribution is -0.113. The molecule has 0 saturated carbocycles. The fourth-order valence-corrected chi connectivity index (χ4v) is 3.01. The number of hydrogen-bond acceptors (Lipinski definition) is 4. The highest BCUT2D eigenvalue weighted by molar-refractivity contribution is 7.99. The van der Waals surface area contributed by atoms with E-state index in [-0.39, 0.29) is 22.0 Å². The number of rotatable bonds is 5. The summed E-state index contributed by atoms with van der Waals surface area (Å²) in [4.78, 5) is 28.6. The molecule has 0 aliphatic carbocycles. The Labute approximate surface area is 158 Å². The molecule has 5 nitrogen and oxygen atoms in total. The van der Waals surface area contributed by atoms with Crippen LogP contribution in [0.25, 0.3) is 5.69 Å². The van der Waals surface area contributed by atoms with Gasteiger partial charge in [0.15, 0.2) is 5.03 Å². The van der Waals surface area contributed by atoms with Gasteiger partial charge in [0.2, 0.25) is 5.91 Å². The van der Waals surface area contributed by atoms with Crippen molar-refractivity contribution in [1.82, 2.24) is 9.55 Å². The van der Waals surface area contributed by atoms with Gasteiger partial charge in [0.1, 0.15) is 11.6 Å². The van der Waals surface area contributed by atoms with Crippen LogP contribution in [0.2, 0.25) is 0 Å². The molecule has 2 aromatic carbocycles. The number of anilines is 1. The Kier molecular flexibility index (Phi) is 5.66. The summed E-state index contributed by atoms with van der Waals surface area (Å²) in [5, 5.41) is 2.49. The summed E-state index contributed by atoms with van der Waals surface area (Å²) in [7, 11) is 0. The maximum absolute atomic E-state index is 13.6. The van der Waals surface area contributed by atoms with Crippen molar-refractivity contribution in [3.63, 3.8) is 0 Å². The molecule has 0 saturated heterocycles. The summed E-state index contributed by atoms with van der Waals surface area (Å²) in [5.41, 5.74) is 1.28. The predicted molar refractivity (Wildman–Crippen MR) is 100 cm³/mol. The average Bonchev–Trinajstić information content (AvgIpc) is 2.64. The van der Waals surface area contributed by atoms with Gasteiger partial charge in [0, 0.05) is 24.1 Å². The number of aromatic nitrogens is 2. The van der Waals surface area contributed by atoms with Crippen LogP contribution in [0.4, 0.5) is 14.5 Å². The second-order valence-corrected chi connectivity index (χ2v) is 6.67. The summed E-state index contributed by atoms with van der Waals surface area (Å²) >= 11 is 0.942. The summed E-state index contributed by atoms with van der Waals surface area (Å²) in [6.45, 7) is 1.95. The minimum Gasteiger partial charge on any atom is -0.323 e. The van der Waals surface area contributed by atoms with Crippen molar-refractivity contribution < 1.29 is 13.6 Å². The number of carbonyl (C=O) groups excluding carboxylic acids is 1. The van der Waals surface area contributed by atoms with Crippen LogP contribution in [0, 0.1) is 18.6 Å². The van der Waals surface area contributed by atoms with Gasteiger partial charge in [-0.05, 0) is 31.2 Å². The zero-order valence-electron chi connectivity index (χ0n) is 14.3. The van der Waals surface area contributed by atoms with Crippen LogP contribution in [-0.2, 0) is 4.79 Å². The maximum Gasteiger partial charge on any atom is 0.287 e. The van der Waals surface area contributed by atoms with E-state index in [1.807, 2.05) is 31.2 Å². The third-order valence-corrected chi connectivity index (χ3v) is 4.63. The van der Waals surface area contributed by atoms with Crippen LogP contribution in [0.1, 0.15) is 5.56 Å². The normalized spacial score (nSPS) is 10.6. The van der Waals surface area contributed by atoms with E-state index in [4.69, 9.17) is 0 Å². The Bertz CT molecular complexity index is 1040. The summed E-state index contributed by atoms with van der Waals surface area (Å²) in [5.74, 6) is -2.27. The number of amides is 1. The van der Waals surface area contributed by atoms with Crippen molar-refractivity contribution in [3.8, 4) is 5.69 Å². The van der Waals surface area contributed by atoms with Gasteiger partial charge in [-0.1, -0.05) is 29.5 Å². The van der Waals surface area contributed by atoms with Gasteiger partial charge in [-0.25, -0.2) is 13.8 Å². The number of benzene rings is 2. The second kappa shape index (κ2) is 8.13. The first-order valence-electron chi connectivity index (χ1n) is 7.96. The van der Waals surface area contributed by atoms with Gasteiger partial charge in [0.05, 0.1) is 11.4 Å². The zero-order chi connectivity index (χ0) is 19.4. The van der Waals surface area contributed by atoms with Crippen LogP contribution in [0.15, 0.2) is 64.7 Å². The van der Waals surface area contributed by atoms with Crippen LogP contribution in [0.5, 0.6) is 0 Å². The molecule has 3 aromatic rings. The molecule has 27 heavy (non-hydrogen) atoms. The molecule has 8 heteroatoms. The fraction of sp³-hybridized carbons (Fsp3) is 0.105. The molecule has 1 heterocycles. The van der Waals surface area contributed by atoms with Crippen LogP contribution >= 0.6 is 11.8 Å². The van der Waals surface area contributed by atoms with Crippen molar-refractivity contribution >= 4 is 23.4 Å². The molecular formula is C19H15F2N3O2S. The number of nitrogens with one attached hydrogen (secondary N) is 1. The van der Waals surface area contributed by atoms with Crippen molar-refractivity contribution in [2.75, 3.05) is 11.1 Å². The van der Waals surface area contributed by atoms with Gasteiger partial charge < -0.3 is 5.32 Å². The monoisotopic (exact) mass is 387 g/mol. The molecule has 1 amide bonds. The van der Waals surface area contributed by atoms with Crippen LogP contribution < -0.4 is 10.9 Å². The van der Waals surface area contributed by atoms with Gasteiger partial charge in [0.25, 0.3) is 5.56 Å². The summed E-state index contributed by atoms with van der Waals surface area (Å²) in [6.07, 6.45) is 3.02. The van der Waals surface area contributed by atoms with E-state index in [9.17, 15) is 18.4 Å². The molecule has 138 valence electrons. The molecule has 0 bridgehead atoms. The average molecular weight is 387 g/mol. The Hall–Kier alpha value is -3.00. The predicted octanol–water partition coefficient (Wildman–Crippen LogP) is 3.55. The van der Waals surface area contributed by atoms with Gasteiger partial charge in [-0.2, -0.15) is 0 Å². The minimum atomic E-state index is -0.868. The van der Waals surface area contributed by atoms with E-state index in [1.54, 1.807) is 6.20 Å². The molecule has 0 unspecified atom stereocenters. The molecule has 1 aromatic heterocycles. The highest BCUT2D eigenvalue weighted by Crippen LogP contribution is 2.17. The second-order valence-electron chi connectivity index (χ2n) is 5.70. The molecular weight excluding hydrogens is 372 g/mol. The van der Waals surface area contributed by atoms with Gasteiger partial charge >= 0.3 is 0 Å². The lowest BCUT2D eigenvalue weighted by Gasteiger charge is -2.08. The van der Waals surface area contributed by atoms with E-state index >= 15 is 0 Å². The van der Waals surface area contributed by atoms with E-state index in [1.165, 1.54) is 10.8 Å².